The molecule has 0 aromatic heterocycles. The van der Waals surface area contributed by atoms with Crippen LogP contribution in [0.1, 0.15) is 43.1 Å². The number of ketones is 1. The third kappa shape index (κ3) is 3.50. The lowest BCUT2D eigenvalue weighted by atomic mass is 10.0. The van der Waals surface area contributed by atoms with Gasteiger partial charge in [-0.1, -0.05) is 13.8 Å². The fourth-order valence-corrected chi connectivity index (χ4v) is 1.69. The number of carbonyl (C=O) groups is 1. The highest BCUT2D eigenvalue weighted by atomic mass is 16.3. The van der Waals surface area contributed by atoms with E-state index in [0.717, 1.165) is 23.4 Å². The quantitative estimate of drug-likeness (QED) is 0.641. The fourth-order valence-electron chi connectivity index (χ4n) is 1.69. The van der Waals surface area contributed by atoms with Gasteiger partial charge in [-0.05, 0) is 49.9 Å². The first-order valence-corrected chi connectivity index (χ1v) is 6.29. The maximum Gasteiger partial charge on any atom is 0.159 e. The van der Waals surface area contributed by atoms with E-state index < -0.39 is 0 Å². The SMILES string of the molecule is CCC(C)C(CO)=Nc1ccc(C(C)=O)cc1C. The molecule has 0 fully saturated rings. The fraction of sp³-hybridized carbons (Fsp3) is 0.467. The van der Waals surface area contributed by atoms with Crippen LogP contribution in [0.3, 0.4) is 0 Å². The molecule has 1 atom stereocenters. The highest BCUT2D eigenvalue weighted by Crippen LogP contribution is 2.22. The normalized spacial score (nSPS) is 13.5. The molecule has 0 aliphatic heterocycles. The third-order valence-corrected chi connectivity index (χ3v) is 3.21. The predicted octanol–water partition coefficient (Wildman–Crippen LogP) is 3.31. The van der Waals surface area contributed by atoms with Gasteiger partial charge in [0.05, 0.1) is 12.3 Å². The van der Waals surface area contributed by atoms with E-state index in [1.165, 1.54) is 0 Å². The maximum atomic E-state index is 11.3. The van der Waals surface area contributed by atoms with Gasteiger partial charge in [-0.3, -0.25) is 9.79 Å². The van der Waals surface area contributed by atoms with Crippen molar-refractivity contribution >= 4 is 17.2 Å². The van der Waals surface area contributed by atoms with Crippen LogP contribution in [-0.2, 0) is 0 Å². The maximum absolute atomic E-state index is 11.3. The molecule has 0 saturated heterocycles. The number of aliphatic hydroxyl groups is 1. The first-order chi connectivity index (χ1) is 8.49. The number of Topliss-reactive ketones (excluding diaryl/α,β-unsaturated/α-hetero) is 1. The third-order valence-electron chi connectivity index (χ3n) is 3.21. The van der Waals surface area contributed by atoms with Crippen molar-refractivity contribution in [1.82, 2.24) is 0 Å². The van der Waals surface area contributed by atoms with Crippen LogP contribution in [0.15, 0.2) is 23.2 Å². The van der Waals surface area contributed by atoms with Crippen molar-refractivity contribution in [3.05, 3.63) is 29.3 Å². The van der Waals surface area contributed by atoms with E-state index in [4.69, 9.17) is 0 Å². The van der Waals surface area contributed by atoms with Gasteiger partial charge in [0.25, 0.3) is 0 Å². The van der Waals surface area contributed by atoms with Gasteiger partial charge in [-0.15, -0.1) is 0 Å². The van der Waals surface area contributed by atoms with Crippen molar-refractivity contribution in [3.63, 3.8) is 0 Å². The molecule has 1 aromatic carbocycles. The summed E-state index contributed by atoms with van der Waals surface area (Å²) in [5.74, 6) is 0.319. The Bertz CT molecular complexity index is 464. The Morgan fingerprint density at radius 3 is 2.56 bits per heavy atom. The van der Waals surface area contributed by atoms with E-state index in [9.17, 15) is 9.90 Å². The number of nitrogens with zero attached hydrogens (tertiary/aromatic N) is 1. The molecule has 1 rings (SSSR count). The molecule has 0 saturated carbocycles. The van der Waals surface area contributed by atoms with Crippen LogP contribution < -0.4 is 0 Å². The summed E-state index contributed by atoms with van der Waals surface area (Å²) in [7, 11) is 0. The number of carbonyl (C=O) groups excluding carboxylic acids is 1. The zero-order valence-corrected chi connectivity index (χ0v) is 11.5. The van der Waals surface area contributed by atoms with E-state index >= 15 is 0 Å². The van der Waals surface area contributed by atoms with Crippen LogP contribution in [0, 0.1) is 12.8 Å². The minimum atomic E-state index is -0.0249. The van der Waals surface area contributed by atoms with Crippen molar-refractivity contribution in [2.24, 2.45) is 10.9 Å². The molecule has 18 heavy (non-hydrogen) atoms. The first-order valence-electron chi connectivity index (χ1n) is 6.29. The molecule has 0 bridgehead atoms. The summed E-state index contributed by atoms with van der Waals surface area (Å²) in [6, 6.07) is 5.46. The van der Waals surface area contributed by atoms with Gasteiger partial charge in [0.15, 0.2) is 5.78 Å². The number of aliphatic imine (C=N–C) groups is 1. The van der Waals surface area contributed by atoms with Gasteiger partial charge in [-0.25, -0.2) is 0 Å². The number of hydrogen-bond donors (Lipinski definition) is 1. The topological polar surface area (TPSA) is 49.7 Å². The van der Waals surface area contributed by atoms with Crippen molar-refractivity contribution in [2.45, 2.75) is 34.1 Å². The molecule has 1 N–H and O–H groups in total. The first kappa shape index (κ1) is 14.6. The summed E-state index contributed by atoms with van der Waals surface area (Å²) in [5, 5.41) is 9.34. The average Bonchev–Trinajstić information content (AvgIpc) is 2.36. The molecule has 3 nitrogen and oxygen atoms in total. The Morgan fingerprint density at radius 2 is 2.11 bits per heavy atom. The van der Waals surface area contributed by atoms with Crippen molar-refractivity contribution in [2.75, 3.05) is 6.61 Å². The lowest BCUT2D eigenvalue weighted by molar-refractivity contribution is 0.101. The van der Waals surface area contributed by atoms with Crippen LogP contribution >= 0.6 is 0 Å². The van der Waals surface area contributed by atoms with E-state index in [0.29, 0.717) is 5.56 Å². The summed E-state index contributed by atoms with van der Waals surface area (Å²) in [4.78, 5) is 15.8. The van der Waals surface area contributed by atoms with Crippen LogP contribution in [0.5, 0.6) is 0 Å². The number of benzene rings is 1. The van der Waals surface area contributed by atoms with E-state index in [-0.39, 0.29) is 18.3 Å². The summed E-state index contributed by atoms with van der Waals surface area (Å²) in [6.07, 6.45) is 0.948. The van der Waals surface area contributed by atoms with Crippen molar-refractivity contribution < 1.29 is 9.90 Å². The summed E-state index contributed by atoms with van der Waals surface area (Å²) in [6.45, 7) is 7.58. The Labute approximate surface area is 109 Å². The smallest absolute Gasteiger partial charge is 0.159 e. The van der Waals surface area contributed by atoms with Crippen molar-refractivity contribution in [1.29, 1.82) is 0 Å². The largest absolute Gasteiger partial charge is 0.390 e. The standard InChI is InChI=1S/C15H21NO2/c1-5-10(2)15(9-17)16-14-7-6-13(12(4)18)8-11(14)3/h6-8,10,17H,5,9H2,1-4H3. The zero-order valence-electron chi connectivity index (χ0n) is 11.5. The van der Waals surface area contributed by atoms with Gasteiger partial charge in [0, 0.05) is 11.3 Å². The molecule has 0 radical (unpaired) electrons. The molecular weight excluding hydrogens is 226 g/mol. The molecular formula is C15H21NO2. The molecule has 0 aliphatic rings. The number of aliphatic hydroxyl groups excluding tert-OH is 1. The minimum absolute atomic E-state index is 0.0249. The molecule has 1 aromatic rings. The molecule has 3 heteroatoms. The Balaban J connectivity index is 3.10. The zero-order chi connectivity index (χ0) is 13.7. The van der Waals surface area contributed by atoms with Gasteiger partial charge in [0.1, 0.15) is 0 Å². The van der Waals surface area contributed by atoms with Crippen LogP contribution in [0.25, 0.3) is 0 Å². The molecule has 0 amide bonds. The number of aryl methyl sites for hydroxylation is 1. The lowest BCUT2D eigenvalue weighted by Crippen LogP contribution is -2.14. The monoisotopic (exact) mass is 247 g/mol. The molecule has 0 spiro atoms. The Morgan fingerprint density at radius 1 is 1.44 bits per heavy atom. The number of rotatable bonds is 5. The van der Waals surface area contributed by atoms with Crippen LogP contribution in [0.4, 0.5) is 5.69 Å². The highest BCUT2D eigenvalue weighted by molar-refractivity contribution is 5.95. The summed E-state index contributed by atoms with van der Waals surface area (Å²) in [5.41, 5.74) is 3.26. The van der Waals surface area contributed by atoms with Gasteiger partial charge in [-0.2, -0.15) is 0 Å². The van der Waals surface area contributed by atoms with E-state index in [1.807, 2.05) is 26.0 Å². The average molecular weight is 247 g/mol. The van der Waals surface area contributed by atoms with Gasteiger partial charge in [0.2, 0.25) is 0 Å². The van der Waals surface area contributed by atoms with Gasteiger partial charge < -0.3 is 5.11 Å². The minimum Gasteiger partial charge on any atom is -0.390 e. The number of hydrogen-bond acceptors (Lipinski definition) is 3. The second-order valence-corrected chi connectivity index (χ2v) is 4.63. The Kier molecular flexibility index (Phi) is 5.23. The predicted molar refractivity (Wildman–Crippen MR) is 74.8 cm³/mol. The highest BCUT2D eigenvalue weighted by Gasteiger charge is 2.09. The summed E-state index contributed by atoms with van der Waals surface area (Å²) >= 11 is 0. The lowest BCUT2D eigenvalue weighted by Gasteiger charge is -2.11. The van der Waals surface area contributed by atoms with E-state index in [2.05, 4.69) is 11.9 Å². The van der Waals surface area contributed by atoms with Gasteiger partial charge >= 0.3 is 0 Å². The van der Waals surface area contributed by atoms with Crippen LogP contribution in [0.2, 0.25) is 0 Å². The molecule has 98 valence electrons. The van der Waals surface area contributed by atoms with Crippen molar-refractivity contribution in [3.8, 4) is 0 Å². The summed E-state index contributed by atoms with van der Waals surface area (Å²) < 4.78 is 0. The second kappa shape index (κ2) is 6.45. The second-order valence-electron chi connectivity index (χ2n) is 4.63. The molecule has 0 aliphatic carbocycles. The van der Waals surface area contributed by atoms with E-state index in [1.54, 1.807) is 13.0 Å². The Hall–Kier alpha value is -1.48. The van der Waals surface area contributed by atoms with Crippen LogP contribution in [-0.4, -0.2) is 23.2 Å². The molecule has 1 unspecified atom stereocenters. The molecule has 0 heterocycles.